The Balaban J connectivity index is 1.52. The lowest BCUT2D eigenvalue weighted by Crippen LogP contribution is -2.24. The predicted octanol–water partition coefficient (Wildman–Crippen LogP) is 3.00. The number of nitrogens with zero attached hydrogens (tertiary/aromatic N) is 4. The van der Waals surface area contributed by atoms with Gasteiger partial charge in [0.15, 0.2) is 11.4 Å². The third kappa shape index (κ3) is 3.89. The first-order valence-corrected chi connectivity index (χ1v) is 11.9. The monoisotopic (exact) mass is 485 g/mol. The van der Waals surface area contributed by atoms with Gasteiger partial charge < -0.3 is 18.7 Å². The van der Waals surface area contributed by atoms with Crippen molar-refractivity contribution >= 4 is 26.8 Å². The summed E-state index contributed by atoms with van der Waals surface area (Å²) in [5, 5.41) is 8.38. The number of ether oxygens (including phenoxy) is 3. The molecule has 0 bridgehead atoms. The molecule has 34 heavy (non-hydrogen) atoms. The van der Waals surface area contributed by atoms with E-state index in [1.54, 1.807) is 35.3 Å². The predicted molar refractivity (Wildman–Crippen MR) is 122 cm³/mol. The van der Waals surface area contributed by atoms with Crippen LogP contribution in [0.1, 0.15) is 25.1 Å². The Hall–Kier alpha value is -3.80. The molecule has 1 N–H and O–H groups in total. The molecular weight excluding hydrogens is 462 g/mol. The van der Waals surface area contributed by atoms with Crippen LogP contribution < -0.4 is 18.9 Å². The Bertz CT molecular complexity index is 1480. The van der Waals surface area contributed by atoms with E-state index in [0.29, 0.717) is 35.4 Å². The third-order valence-corrected chi connectivity index (χ3v) is 6.78. The van der Waals surface area contributed by atoms with Crippen molar-refractivity contribution in [2.24, 2.45) is 0 Å². The van der Waals surface area contributed by atoms with Gasteiger partial charge in [0.2, 0.25) is 5.88 Å². The zero-order chi connectivity index (χ0) is 24.1. The second-order valence-electron chi connectivity index (χ2n) is 8.49. The van der Waals surface area contributed by atoms with E-state index in [0.717, 1.165) is 5.56 Å². The summed E-state index contributed by atoms with van der Waals surface area (Å²) in [6.07, 6.45) is 4.10. The molecule has 11 nitrogen and oxygen atoms in total. The first-order valence-electron chi connectivity index (χ1n) is 10.4. The van der Waals surface area contributed by atoms with Crippen molar-refractivity contribution < 1.29 is 27.2 Å². The summed E-state index contributed by atoms with van der Waals surface area (Å²) in [7, 11) is -1.27. The standard InChI is InChI=1S/C22H23N5O6S/c1-22(2)11-13-8-16(30-3)18(10-15(13)32-22)34(28,29)26-20-19-17(33-25-20)9-14(24-21(19)31-4)12-27-7-5-6-23-27/h5-10H,11-12H2,1-4H3,(H,25,26). The lowest BCUT2D eigenvalue weighted by atomic mass is 10.0. The van der Waals surface area contributed by atoms with Gasteiger partial charge in [0.1, 0.15) is 27.4 Å². The SMILES string of the molecule is COc1cc2c(cc1S(=O)(=O)Nc1noc3cc(Cn4cccn4)nc(OC)c13)OC(C)(C)C2. The van der Waals surface area contributed by atoms with Crippen molar-refractivity contribution in [3.8, 4) is 17.4 Å². The Morgan fingerprint density at radius 1 is 1.21 bits per heavy atom. The molecule has 1 aromatic carbocycles. The van der Waals surface area contributed by atoms with Crippen LogP contribution in [0.5, 0.6) is 17.4 Å². The zero-order valence-corrected chi connectivity index (χ0v) is 19.8. The van der Waals surface area contributed by atoms with E-state index in [1.165, 1.54) is 20.3 Å². The Kier molecular flexibility index (Phi) is 5.12. The van der Waals surface area contributed by atoms with Gasteiger partial charge in [-0.15, -0.1) is 0 Å². The first kappa shape index (κ1) is 22.0. The summed E-state index contributed by atoms with van der Waals surface area (Å²) in [5.74, 6) is 0.823. The molecule has 0 fully saturated rings. The number of rotatable bonds is 7. The molecule has 1 aliphatic heterocycles. The second-order valence-corrected chi connectivity index (χ2v) is 10.1. The van der Waals surface area contributed by atoms with Gasteiger partial charge in [-0.1, -0.05) is 5.16 Å². The summed E-state index contributed by atoms with van der Waals surface area (Å²) in [4.78, 5) is 4.39. The van der Waals surface area contributed by atoms with Crippen molar-refractivity contribution in [1.29, 1.82) is 0 Å². The molecule has 0 atom stereocenters. The van der Waals surface area contributed by atoms with E-state index in [-0.39, 0.29) is 22.3 Å². The maximum atomic E-state index is 13.4. The number of anilines is 1. The van der Waals surface area contributed by atoms with E-state index in [4.69, 9.17) is 18.7 Å². The van der Waals surface area contributed by atoms with Crippen molar-refractivity contribution in [3.05, 3.63) is 47.9 Å². The normalized spacial score (nSPS) is 14.6. The van der Waals surface area contributed by atoms with Crippen LogP contribution in [-0.4, -0.2) is 48.2 Å². The van der Waals surface area contributed by atoms with Crippen LogP contribution in [0.3, 0.4) is 0 Å². The molecule has 3 aromatic heterocycles. The maximum Gasteiger partial charge on any atom is 0.266 e. The molecule has 5 rings (SSSR count). The minimum atomic E-state index is -4.13. The molecule has 4 aromatic rings. The summed E-state index contributed by atoms with van der Waals surface area (Å²) >= 11 is 0. The van der Waals surface area contributed by atoms with E-state index in [9.17, 15) is 8.42 Å². The van der Waals surface area contributed by atoms with Crippen molar-refractivity contribution in [2.45, 2.75) is 37.3 Å². The minimum absolute atomic E-state index is 0.0474. The molecule has 0 unspecified atom stereocenters. The maximum absolute atomic E-state index is 13.4. The molecule has 0 amide bonds. The van der Waals surface area contributed by atoms with Gasteiger partial charge in [0.25, 0.3) is 10.0 Å². The van der Waals surface area contributed by atoms with Gasteiger partial charge in [0.05, 0.1) is 26.5 Å². The number of hydrogen-bond acceptors (Lipinski definition) is 9. The minimum Gasteiger partial charge on any atom is -0.495 e. The number of fused-ring (bicyclic) bond motifs is 2. The third-order valence-electron chi connectivity index (χ3n) is 5.42. The lowest BCUT2D eigenvalue weighted by Gasteiger charge is -2.17. The highest BCUT2D eigenvalue weighted by atomic mass is 32.2. The molecule has 1 aliphatic rings. The van der Waals surface area contributed by atoms with Gasteiger partial charge >= 0.3 is 0 Å². The average molecular weight is 486 g/mol. The van der Waals surface area contributed by atoms with Gasteiger partial charge in [-0.05, 0) is 26.0 Å². The fraction of sp³-hybridized carbons (Fsp3) is 0.318. The van der Waals surface area contributed by atoms with Gasteiger partial charge in [-0.3, -0.25) is 9.40 Å². The molecule has 0 saturated heterocycles. The van der Waals surface area contributed by atoms with Crippen LogP contribution in [0.2, 0.25) is 0 Å². The topological polar surface area (TPSA) is 131 Å². The summed E-state index contributed by atoms with van der Waals surface area (Å²) in [5.41, 5.74) is 1.37. The molecule has 178 valence electrons. The van der Waals surface area contributed by atoms with Gasteiger partial charge in [-0.25, -0.2) is 13.4 Å². The first-order chi connectivity index (χ1) is 16.2. The van der Waals surface area contributed by atoms with Crippen molar-refractivity contribution in [2.75, 3.05) is 18.9 Å². The van der Waals surface area contributed by atoms with Crippen molar-refractivity contribution in [3.63, 3.8) is 0 Å². The Morgan fingerprint density at radius 3 is 2.74 bits per heavy atom. The molecule has 0 spiro atoms. The Morgan fingerprint density at radius 2 is 2.03 bits per heavy atom. The fourth-order valence-corrected chi connectivity index (χ4v) is 5.17. The number of aromatic nitrogens is 4. The van der Waals surface area contributed by atoms with Crippen LogP contribution in [0, 0.1) is 0 Å². The quantitative estimate of drug-likeness (QED) is 0.420. The van der Waals surface area contributed by atoms with Crippen molar-refractivity contribution in [1.82, 2.24) is 19.9 Å². The summed E-state index contributed by atoms with van der Waals surface area (Å²) in [6, 6.07) is 6.61. The number of sulfonamides is 1. The Labute approximate surface area is 195 Å². The number of hydrogen-bond donors (Lipinski definition) is 1. The largest absolute Gasteiger partial charge is 0.495 e. The van der Waals surface area contributed by atoms with E-state index in [1.807, 2.05) is 13.8 Å². The zero-order valence-electron chi connectivity index (χ0n) is 19.0. The van der Waals surface area contributed by atoms with Crippen LogP contribution in [0.15, 0.2) is 46.1 Å². The molecule has 0 radical (unpaired) electrons. The average Bonchev–Trinajstić information content (AvgIpc) is 3.50. The number of methoxy groups -OCH3 is 2. The number of benzene rings is 1. The highest BCUT2D eigenvalue weighted by Crippen LogP contribution is 2.41. The molecule has 0 saturated carbocycles. The van der Waals surface area contributed by atoms with Gasteiger partial charge in [0, 0.05) is 36.5 Å². The van der Waals surface area contributed by atoms with Crippen LogP contribution in [-0.2, 0) is 23.0 Å². The number of nitrogens with one attached hydrogen (secondary N) is 1. The summed E-state index contributed by atoms with van der Waals surface area (Å²) in [6.45, 7) is 4.25. The van der Waals surface area contributed by atoms with Crippen LogP contribution in [0.4, 0.5) is 5.82 Å². The summed E-state index contributed by atoms with van der Waals surface area (Å²) < 4.78 is 53.0. The molecule has 12 heteroatoms. The lowest BCUT2D eigenvalue weighted by molar-refractivity contribution is 0.138. The van der Waals surface area contributed by atoms with Crippen LogP contribution >= 0.6 is 0 Å². The highest BCUT2D eigenvalue weighted by molar-refractivity contribution is 7.92. The van der Waals surface area contributed by atoms with Gasteiger partial charge in [-0.2, -0.15) is 5.10 Å². The molecular formula is C22H23N5O6S. The fourth-order valence-electron chi connectivity index (χ4n) is 4.00. The highest BCUT2D eigenvalue weighted by Gasteiger charge is 2.34. The molecule has 4 heterocycles. The van der Waals surface area contributed by atoms with Crippen LogP contribution in [0.25, 0.3) is 11.0 Å². The van der Waals surface area contributed by atoms with E-state index in [2.05, 4.69) is 20.0 Å². The second kappa shape index (κ2) is 7.90. The smallest absolute Gasteiger partial charge is 0.266 e. The molecule has 0 aliphatic carbocycles. The van der Waals surface area contributed by atoms with E-state index < -0.39 is 15.6 Å². The number of pyridine rings is 1. The van der Waals surface area contributed by atoms with E-state index >= 15 is 0 Å².